The van der Waals surface area contributed by atoms with E-state index in [1.54, 1.807) is 13.1 Å². The summed E-state index contributed by atoms with van der Waals surface area (Å²) in [5, 5.41) is 2.93. The van der Waals surface area contributed by atoms with Crippen LogP contribution in [0.1, 0.15) is 12.5 Å². The molecule has 0 fully saturated rings. The summed E-state index contributed by atoms with van der Waals surface area (Å²) in [5.74, 6) is -0.136. The number of halogens is 1. The van der Waals surface area contributed by atoms with Crippen LogP contribution in [0.4, 0.5) is 4.39 Å². The maximum absolute atomic E-state index is 12.7. The molecule has 0 spiro atoms. The highest BCUT2D eigenvalue weighted by atomic mass is 32.2. The van der Waals surface area contributed by atoms with Crippen molar-refractivity contribution in [1.29, 1.82) is 0 Å². The van der Waals surface area contributed by atoms with Gasteiger partial charge < -0.3 is 5.32 Å². The molecule has 0 saturated carbocycles. The van der Waals surface area contributed by atoms with Crippen LogP contribution in [0.2, 0.25) is 0 Å². The maximum Gasteiger partial charge on any atom is 0.151 e. The van der Waals surface area contributed by atoms with Gasteiger partial charge in [0.05, 0.1) is 11.9 Å². The molecular formula is C10H15FN2O2S. The van der Waals surface area contributed by atoms with Crippen molar-refractivity contribution >= 4 is 9.84 Å². The molecule has 0 aliphatic heterocycles. The quantitative estimate of drug-likeness (QED) is 0.752. The van der Waals surface area contributed by atoms with Crippen molar-refractivity contribution in [3.8, 4) is 0 Å². The smallest absolute Gasteiger partial charge is 0.151 e. The fourth-order valence-corrected chi connectivity index (χ4v) is 1.90. The van der Waals surface area contributed by atoms with Gasteiger partial charge in [-0.3, -0.25) is 4.98 Å². The van der Waals surface area contributed by atoms with Crippen LogP contribution in [0.3, 0.4) is 0 Å². The van der Waals surface area contributed by atoms with Crippen molar-refractivity contribution in [3.05, 3.63) is 29.8 Å². The summed E-state index contributed by atoms with van der Waals surface area (Å²) in [7, 11) is -2.93. The molecule has 1 rings (SSSR count). The van der Waals surface area contributed by atoms with E-state index in [0.717, 1.165) is 6.20 Å². The molecule has 0 bridgehead atoms. The molecule has 90 valence electrons. The summed E-state index contributed by atoms with van der Waals surface area (Å²) in [4.78, 5) is 3.69. The Kier molecular flexibility index (Phi) is 4.82. The van der Waals surface area contributed by atoms with Crippen LogP contribution in [0.15, 0.2) is 18.5 Å². The van der Waals surface area contributed by atoms with Gasteiger partial charge in [0.25, 0.3) is 0 Å². The molecule has 0 aliphatic rings. The lowest BCUT2D eigenvalue weighted by molar-refractivity contribution is 0.590. The minimum Gasteiger partial charge on any atom is -0.312 e. The van der Waals surface area contributed by atoms with Crippen molar-refractivity contribution in [3.63, 3.8) is 0 Å². The number of nitrogens with one attached hydrogen (secondary N) is 1. The standard InChI is InChI=1S/C10H15FN2O2S/c1-2-16(14,15)4-3-12-6-9-5-10(11)8-13-7-9/h5,7-8,12H,2-4,6H2,1H3. The van der Waals surface area contributed by atoms with Crippen molar-refractivity contribution in [2.45, 2.75) is 13.5 Å². The molecule has 16 heavy (non-hydrogen) atoms. The van der Waals surface area contributed by atoms with Crippen LogP contribution in [0.25, 0.3) is 0 Å². The third kappa shape index (κ3) is 4.67. The van der Waals surface area contributed by atoms with Crippen molar-refractivity contribution < 1.29 is 12.8 Å². The first kappa shape index (κ1) is 13.1. The Balaban J connectivity index is 2.32. The number of nitrogens with zero attached hydrogens (tertiary/aromatic N) is 1. The molecular weight excluding hydrogens is 231 g/mol. The zero-order valence-electron chi connectivity index (χ0n) is 9.11. The predicted octanol–water partition coefficient (Wildman–Crippen LogP) is 0.745. The Morgan fingerprint density at radius 2 is 2.19 bits per heavy atom. The normalized spacial score (nSPS) is 11.6. The Hall–Kier alpha value is -1.01. The highest BCUT2D eigenvalue weighted by Crippen LogP contribution is 1.99. The van der Waals surface area contributed by atoms with E-state index in [2.05, 4.69) is 10.3 Å². The second-order valence-electron chi connectivity index (χ2n) is 3.42. The van der Waals surface area contributed by atoms with E-state index in [1.165, 1.54) is 6.07 Å². The van der Waals surface area contributed by atoms with Gasteiger partial charge in [-0.25, -0.2) is 12.8 Å². The summed E-state index contributed by atoms with van der Waals surface area (Å²) in [6.07, 6.45) is 2.68. The van der Waals surface area contributed by atoms with Gasteiger partial charge in [0.15, 0.2) is 9.84 Å². The zero-order valence-corrected chi connectivity index (χ0v) is 9.93. The van der Waals surface area contributed by atoms with Gasteiger partial charge in [0.1, 0.15) is 5.82 Å². The molecule has 0 aliphatic carbocycles. The van der Waals surface area contributed by atoms with E-state index in [9.17, 15) is 12.8 Å². The van der Waals surface area contributed by atoms with E-state index < -0.39 is 9.84 Å². The highest BCUT2D eigenvalue weighted by Gasteiger charge is 2.05. The van der Waals surface area contributed by atoms with Gasteiger partial charge in [0.2, 0.25) is 0 Å². The van der Waals surface area contributed by atoms with E-state index in [1.807, 2.05) is 0 Å². The molecule has 0 atom stereocenters. The van der Waals surface area contributed by atoms with Gasteiger partial charge in [-0.15, -0.1) is 0 Å². The molecule has 1 N–H and O–H groups in total. The lowest BCUT2D eigenvalue weighted by atomic mass is 10.3. The van der Waals surface area contributed by atoms with Crippen LogP contribution >= 0.6 is 0 Å². The molecule has 6 heteroatoms. The number of sulfone groups is 1. The number of aromatic nitrogens is 1. The predicted molar refractivity (Wildman–Crippen MR) is 60.2 cm³/mol. The summed E-state index contributed by atoms with van der Waals surface area (Å²) in [5.41, 5.74) is 0.703. The first-order chi connectivity index (χ1) is 7.53. The first-order valence-electron chi connectivity index (χ1n) is 5.04. The van der Waals surface area contributed by atoms with E-state index in [-0.39, 0.29) is 17.3 Å². The minimum absolute atomic E-state index is 0.103. The second kappa shape index (κ2) is 5.91. The van der Waals surface area contributed by atoms with Gasteiger partial charge in [-0.1, -0.05) is 6.92 Å². The second-order valence-corrected chi connectivity index (χ2v) is 5.90. The van der Waals surface area contributed by atoms with Gasteiger partial charge in [0, 0.05) is 25.0 Å². The highest BCUT2D eigenvalue weighted by molar-refractivity contribution is 7.91. The largest absolute Gasteiger partial charge is 0.312 e. The monoisotopic (exact) mass is 246 g/mol. The third-order valence-corrected chi connectivity index (χ3v) is 3.83. The molecule has 0 unspecified atom stereocenters. The fraction of sp³-hybridized carbons (Fsp3) is 0.500. The summed E-state index contributed by atoms with van der Waals surface area (Å²) >= 11 is 0. The minimum atomic E-state index is -2.93. The third-order valence-electron chi connectivity index (χ3n) is 2.12. The Morgan fingerprint density at radius 3 is 2.81 bits per heavy atom. The Labute approximate surface area is 94.8 Å². The van der Waals surface area contributed by atoms with Crippen LogP contribution < -0.4 is 5.32 Å². The number of pyridine rings is 1. The molecule has 0 amide bonds. The average molecular weight is 246 g/mol. The van der Waals surface area contributed by atoms with E-state index in [4.69, 9.17) is 0 Å². The topological polar surface area (TPSA) is 59.1 Å². The molecule has 0 aromatic carbocycles. The van der Waals surface area contributed by atoms with Crippen LogP contribution in [0, 0.1) is 5.82 Å². The number of rotatable bonds is 6. The SMILES string of the molecule is CCS(=O)(=O)CCNCc1cncc(F)c1. The van der Waals surface area contributed by atoms with Crippen LogP contribution in [-0.2, 0) is 16.4 Å². The van der Waals surface area contributed by atoms with Crippen molar-refractivity contribution in [2.75, 3.05) is 18.1 Å². The van der Waals surface area contributed by atoms with Gasteiger partial charge in [-0.2, -0.15) is 0 Å². The summed E-state index contributed by atoms with van der Waals surface area (Å²) in [6.45, 7) is 2.41. The van der Waals surface area contributed by atoms with Crippen LogP contribution in [0.5, 0.6) is 0 Å². The lowest BCUT2D eigenvalue weighted by Crippen LogP contribution is -2.23. The maximum atomic E-state index is 12.7. The summed E-state index contributed by atoms with van der Waals surface area (Å²) < 4.78 is 35.0. The Morgan fingerprint density at radius 1 is 1.44 bits per heavy atom. The first-order valence-corrected chi connectivity index (χ1v) is 6.86. The van der Waals surface area contributed by atoms with Gasteiger partial charge >= 0.3 is 0 Å². The molecule has 4 nitrogen and oxygen atoms in total. The fourth-order valence-electron chi connectivity index (χ4n) is 1.16. The van der Waals surface area contributed by atoms with Crippen molar-refractivity contribution in [2.24, 2.45) is 0 Å². The molecule has 1 aromatic rings. The lowest BCUT2D eigenvalue weighted by Gasteiger charge is -2.04. The molecule has 1 heterocycles. The van der Waals surface area contributed by atoms with Crippen molar-refractivity contribution in [1.82, 2.24) is 10.3 Å². The number of hydrogen-bond acceptors (Lipinski definition) is 4. The van der Waals surface area contributed by atoms with Gasteiger partial charge in [-0.05, 0) is 11.6 Å². The Bertz CT molecular complexity index is 434. The summed E-state index contributed by atoms with van der Waals surface area (Å²) in [6, 6.07) is 1.37. The van der Waals surface area contributed by atoms with Crippen LogP contribution in [-0.4, -0.2) is 31.5 Å². The van der Waals surface area contributed by atoms with E-state index in [0.29, 0.717) is 18.7 Å². The molecule has 0 saturated heterocycles. The molecule has 1 aromatic heterocycles. The van der Waals surface area contributed by atoms with E-state index >= 15 is 0 Å². The average Bonchev–Trinajstić information content (AvgIpc) is 2.25. The zero-order chi connectivity index (χ0) is 12.0. The molecule has 0 radical (unpaired) electrons. The number of hydrogen-bond donors (Lipinski definition) is 1.